The molecule has 2 unspecified atom stereocenters. The molecule has 0 aromatic heterocycles. The van der Waals surface area contributed by atoms with Crippen LogP contribution in [0.5, 0.6) is 0 Å². The molecule has 4 N–H and O–H groups in total. The number of carbonyl (C=O) groups is 3. The van der Waals surface area contributed by atoms with Gasteiger partial charge in [0.2, 0.25) is 5.91 Å². The van der Waals surface area contributed by atoms with Crippen LogP contribution in [0.4, 0.5) is 0 Å². The van der Waals surface area contributed by atoms with Crippen LogP contribution in [0.25, 0.3) is 0 Å². The zero-order valence-corrected chi connectivity index (χ0v) is 33.4. The van der Waals surface area contributed by atoms with Gasteiger partial charge in [0.15, 0.2) is 0 Å². The van der Waals surface area contributed by atoms with E-state index in [1.165, 1.54) is 64.2 Å². The fourth-order valence-corrected chi connectivity index (χ4v) is 5.88. The van der Waals surface area contributed by atoms with E-state index in [1.807, 2.05) is 0 Å². The van der Waals surface area contributed by atoms with E-state index in [0.717, 1.165) is 83.5 Å². The first-order chi connectivity index (χ1) is 25.4. The van der Waals surface area contributed by atoms with Gasteiger partial charge in [0.1, 0.15) is 12.1 Å². The summed E-state index contributed by atoms with van der Waals surface area (Å²) in [6.45, 7) is 4.79. The van der Waals surface area contributed by atoms with E-state index in [0.29, 0.717) is 32.2 Å². The maximum atomic E-state index is 12.7. The Bertz CT molecular complexity index is 1000. The summed E-state index contributed by atoms with van der Waals surface area (Å²) in [6.07, 6.45) is 48.6. The Balaban J connectivity index is 4.28. The van der Waals surface area contributed by atoms with Gasteiger partial charge in [-0.25, -0.2) is 4.79 Å². The first-order valence-electron chi connectivity index (χ1n) is 21.1. The number of carboxylic acids is 1. The van der Waals surface area contributed by atoms with Gasteiger partial charge in [0.05, 0.1) is 0 Å². The molecule has 0 rings (SSSR count). The lowest BCUT2D eigenvalue weighted by molar-refractivity contribution is -0.147. The molecule has 298 valence electrons. The minimum Gasteiger partial charge on any atom is -0.480 e. The van der Waals surface area contributed by atoms with Crippen LogP contribution in [-0.2, 0) is 19.1 Å². The van der Waals surface area contributed by atoms with Gasteiger partial charge in [-0.05, 0) is 103 Å². The fraction of sp³-hybridized carbons (Fsp3) is 0.711. The number of hydrogen-bond donors (Lipinski definition) is 3. The number of amides is 1. The summed E-state index contributed by atoms with van der Waals surface area (Å²) in [6, 6.07) is -0.860. The molecule has 0 saturated heterocycles. The van der Waals surface area contributed by atoms with Gasteiger partial charge in [0, 0.05) is 12.8 Å². The van der Waals surface area contributed by atoms with Crippen LogP contribution in [0.3, 0.4) is 0 Å². The molecule has 52 heavy (non-hydrogen) atoms. The van der Waals surface area contributed by atoms with Gasteiger partial charge in [-0.3, -0.25) is 9.59 Å². The van der Waals surface area contributed by atoms with E-state index < -0.39 is 12.0 Å². The van der Waals surface area contributed by atoms with Crippen LogP contribution >= 0.6 is 0 Å². The second-order valence-electron chi connectivity index (χ2n) is 14.0. The third-order valence-corrected chi connectivity index (χ3v) is 9.05. The number of hydrogen-bond acceptors (Lipinski definition) is 5. The van der Waals surface area contributed by atoms with Crippen molar-refractivity contribution in [2.24, 2.45) is 5.73 Å². The Morgan fingerprint density at radius 1 is 0.596 bits per heavy atom. The molecule has 7 nitrogen and oxygen atoms in total. The third-order valence-electron chi connectivity index (χ3n) is 9.05. The minimum absolute atomic E-state index is 0.0936. The highest BCUT2D eigenvalue weighted by molar-refractivity contribution is 5.83. The van der Waals surface area contributed by atoms with Crippen LogP contribution in [0.15, 0.2) is 60.8 Å². The van der Waals surface area contributed by atoms with E-state index in [1.54, 1.807) is 0 Å². The van der Waals surface area contributed by atoms with Crippen molar-refractivity contribution < 1.29 is 24.2 Å². The summed E-state index contributed by atoms with van der Waals surface area (Å²) < 4.78 is 5.92. The lowest BCUT2D eigenvalue weighted by Crippen LogP contribution is -2.40. The van der Waals surface area contributed by atoms with E-state index in [-0.39, 0.29) is 18.0 Å². The summed E-state index contributed by atoms with van der Waals surface area (Å²) >= 11 is 0. The number of esters is 1. The molecule has 2 atom stereocenters. The first-order valence-corrected chi connectivity index (χ1v) is 21.1. The van der Waals surface area contributed by atoms with Gasteiger partial charge in [-0.15, -0.1) is 0 Å². The van der Waals surface area contributed by atoms with Crippen LogP contribution in [-0.4, -0.2) is 41.6 Å². The van der Waals surface area contributed by atoms with Gasteiger partial charge >= 0.3 is 11.9 Å². The Kier molecular flexibility index (Phi) is 37.1. The SMILES string of the molecule is CC/C=C\C/C=C\C/C=C\C(CCCCCCCCC(=O)NC(CCCN)C(=O)O)OC(=O)CCCCCCCCC/C=C\C/C=C\CCCCC. The van der Waals surface area contributed by atoms with Gasteiger partial charge < -0.3 is 20.9 Å². The maximum absolute atomic E-state index is 12.7. The van der Waals surface area contributed by atoms with Crippen molar-refractivity contribution in [1.29, 1.82) is 0 Å². The quantitative estimate of drug-likeness (QED) is 0.0333. The summed E-state index contributed by atoms with van der Waals surface area (Å²) in [7, 11) is 0. The first kappa shape index (κ1) is 49.1. The number of carbonyl (C=O) groups excluding carboxylic acids is 2. The Hall–Kier alpha value is -2.93. The smallest absolute Gasteiger partial charge is 0.326 e. The molecule has 0 fully saturated rings. The van der Waals surface area contributed by atoms with Crippen LogP contribution in [0, 0.1) is 0 Å². The Morgan fingerprint density at radius 2 is 1.12 bits per heavy atom. The Morgan fingerprint density at radius 3 is 1.71 bits per heavy atom. The number of allylic oxidation sites excluding steroid dienone is 9. The standard InChI is InChI=1S/C45H78N2O5/c1-3-5-7-9-11-13-14-15-16-17-18-19-20-21-23-29-33-39-44(49)52-41(35-30-26-22-12-10-8-6-4-2)36-31-27-24-25-28-32-38-43(48)47-42(45(50)51)37-34-40-46/h6,8,11-13,15-16,22,30,35,41-42H,3-5,7,9-10,14,17-21,23-29,31-34,36-40,46H2,1-2H3,(H,47,48)(H,50,51)/b8-6-,13-11-,16-15-,22-12-,35-30-. The average Bonchev–Trinajstić information content (AvgIpc) is 3.13. The minimum atomic E-state index is -1.01. The predicted molar refractivity (Wildman–Crippen MR) is 220 cm³/mol. The zero-order valence-electron chi connectivity index (χ0n) is 33.4. The normalized spacial score (nSPS) is 13.3. The fourth-order valence-electron chi connectivity index (χ4n) is 5.88. The second-order valence-corrected chi connectivity index (χ2v) is 14.0. The number of aliphatic carboxylic acids is 1. The third kappa shape index (κ3) is 35.5. The molecular weight excluding hydrogens is 649 g/mol. The number of unbranched alkanes of at least 4 members (excludes halogenated alkanes) is 15. The molecule has 0 saturated carbocycles. The number of rotatable bonds is 37. The maximum Gasteiger partial charge on any atom is 0.326 e. The van der Waals surface area contributed by atoms with E-state index in [4.69, 9.17) is 10.5 Å². The Labute approximate surface area is 319 Å². The van der Waals surface area contributed by atoms with Crippen molar-refractivity contribution in [1.82, 2.24) is 5.32 Å². The monoisotopic (exact) mass is 727 g/mol. The van der Waals surface area contributed by atoms with Crippen molar-refractivity contribution in [3.05, 3.63) is 60.8 Å². The van der Waals surface area contributed by atoms with Gasteiger partial charge in [-0.2, -0.15) is 0 Å². The van der Waals surface area contributed by atoms with Crippen molar-refractivity contribution in [3.63, 3.8) is 0 Å². The zero-order chi connectivity index (χ0) is 38.2. The molecule has 0 radical (unpaired) electrons. The topological polar surface area (TPSA) is 119 Å². The van der Waals surface area contributed by atoms with Crippen molar-refractivity contribution in [2.75, 3.05) is 6.54 Å². The highest BCUT2D eigenvalue weighted by Gasteiger charge is 2.18. The van der Waals surface area contributed by atoms with Crippen LogP contribution in [0.2, 0.25) is 0 Å². The molecule has 0 aliphatic heterocycles. The van der Waals surface area contributed by atoms with Gasteiger partial charge in [0.25, 0.3) is 0 Å². The summed E-state index contributed by atoms with van der Waals surface area (Å²) in [5.74, 6) is -1.31. The molecule has 0 aliphatic carbocycles. The highest BCUT2D eigenvalue weighted by atomic mass is 16.5. The molecule has 0 aromatic rings. The highest BCUT2D eigenvalue weighted by Crippen LogP contribution is 2.15. The second kappa shape index (κ2) is 39.3. The van der Waals surface area contributed by atoms with E-state index in [9.17, 15) is 19.5 Å². The molecule has 0 aliphatic rings. The molecular formula is C45H78N2O5. The summed E-state index contributed by atoms with van der Waals surface area (Å²) in [4.78, 5) is 36.2. The number of carboxylic acid groups (broad SMARTS) is 1. The average molecular weight is 727 g/mol. The number of ether oxygens (including phenoxy) is 1. The van der Waals surface area contributed by atoms with Crippen LogP contribution < -0.4 is 11.1 Å². The lowest BCUT2D eigenvalue weighted by Gasteiger charge is -2.15. The molecule has 7 heteroatoms. The van der Waals surface area contributed by atoms with Crippen LogP contribution in [0.1, 0.15) is 187 Å². The molecule has 0 bridgehead atoms. The van der Waals surface area contributed by atoms with E-state index in [2.05, 4.69) is 79.9 Å². The summed E-state index contributed by atoms with van der Waals surface area (Å²) in [5, 5.41) is 11.9. The molecule has 0 heterocycles. The predicted octanol–water partition coefficient (Wildman–Crippen LogP) is 11.8. The number of nitrogens with two attached hydrogens (primary N) is 1. The summed E-state index contributed by atoms with van der Waals surface area (Å²) in [5.41, 5.74) is 5.47. The van der Waals surface area contributed by atoms with Crippen molar-refractivity contribution in [3.8, 4) is 0 Å². The molecule has 1 amide bonds. The van der Waals surface area contributed by atoms with Gasteiger partial charge in [-0.1, -0.05) is 139 Å². The van der Waals surface area contributed by atoms with E-state index >= 15 is 0 Å². The molecule has 0 aromatic carbocycles. The van der Waals surface area contributed by atoms with Crippen molar-refractivity contribution in [2.45, 2.75) is 199 Å². The van der Waals surface area contributed by atoms with Crippen molar-refractivity contribution >= 4 is 17.8 Å². The molecule has 0 spiro atoms. The lowest BCUT2D eigenvalue weighted by atomic mass is 10.0. The largest absolute Gasteiger partial charge is 0.480 e. The number of nitrogens with one attached hydrogen (secondary N) is 1.